The first-order valence-electron chi connectivity index (χ1n) is 9.89. The molecule has 1 fully saturated rings. The van der Waals surface area contributed by atoms with Crippen LogP contribution in [0.2, 0.25) is 0 Å². The molecule has 4 aromatic rings. The first-order chi connectivity index (χ1) is 14.1. The number of anilines is 1. The summed E-state index contributed by atoms with van der Waals surface area (Å²) in [6.07, 6.45) is 9.31. The topological polar surface area (TPSA) is 51.0 Å². The summed E-state index contributed by atoms with van der Waals surface area (Å²) < 4.78 is 2.03. The van der Waals surface area contributed by atoms with E-state index in [1.54, 1.807) is 0 Å². The number of hydrogen-bond acceptors (Lipinski definition) is 3. The quantitative estimate of drug-likeness (QED) is 0.514. The highest BCUT2D eigenvalue weighted by Gasteiger charge is 2.21. The highest BCUT2D eigenvalue weighted by molar-refractivity contribution is 5.96. The fourth-order valence-electron chi connectivity index (χ4n) is 4.23. The van der Waals surface area contributed by atoms with Gasteiger partial charge in [-0.15, -0.1) is 0 Å². The largest absolute Gasteiger partial charge is 0.336 e. The van der Waals surface area contributed by atoms with Crippen molar-refractivity contribution in [2.75, 3.05) is 11.4 Å². The number of benzene rings is 1. The van der Waals surface area contributed by atoms with Gasteiger partial charge in [0.15, 0.2) is 0 Å². The molecule has 4 heterocycles. The molecule has 3 aromatic heterocycles. The van der Waals surface area contributed by atoms with Crippen molar-refractivity contribution in [3.63, 3.8) is 0 Å². The van der Waals surface area contributed by atoms with Crippen LogP contribution in [0.15, 0.2) is 61.2 Å². The Kier molecular flexibility index (Phi) is 4.16. The lowest BCUT2D eigenvalue weighted by atomic mass is 9.94. The Hall–Kier alpha value is -3.47. The summed E-state index contributed by atoms with van der Waals surface area (Å²) >= 11 is 0. The molecule has 0 spiro atoms. The molecule has 5 nitrogen and oxygen atoms in total. The van der Waals surface area contributed by atoms with Crippen LogP contribution in [0.3, 0.4) is 0 Å². The number of hydrogen-bond donors (Lipinski definition) is 0. The lowest BCUT2D eigenvalue weighted by Gasteiger charge is -2.17. The van der Waals surface area contributed by atoms with E-state index in [0.717, 1.165) is 51.9 Å². The number of pyridine rings is 2. The van der Waals surface area contributed by atoms with Crippen LogP contribution in [0.5, 0.6) is 0 Å². The molecule has 5 heteroatoms. The van der Waals surface area contributed by atoms with Crippen LogP contribution in [0.1, 0.15) is 18.4 Å². The third-order valence-electron chi connectivity index (χ3n) is 5.84. The molecule has 0 radical (unpaired) electrons. The van der Waals surface area contributed by atoms with Crippen LogP contribution >= 0.6 is 0 Å². The molecule has 1 aromatic carbocycles. The van der Waals surface area contributed by atoms with Gasteiger partial charge in [-0.3, -0.25) is 9.78 Å². The van der Waals surface area contributed by atoms with Gasteiger partial charge in [0.2, 0.25) is 5.91 Å². The van der Waals surface area contributed by atoms with E-state index in [-0.39, 0.29) is 5.91 Å². The van der Waals surface area contributed by atoms with Crippen molar-refractivity contribution in [1.82, 2.24) is 14.5 Å². The number of carbonyl (C=O) groups excluding carboxylic acids is 1. The maximum absolute atomic E-state index is 12.0. The first-order valence-corrected chi connectivity index (χ1v) is 9.89. The lowest BCUT2D eigenvalue weighted by molar-refractivity contribution is -0.117. The highest BCUT2D eigenvalue weighted by Crippen LogP contribution is 2.35. The Balaban J connectivity index is 1.56. The number of aryl methyl sites for hydroxylation is 1. The Bertz CT molecular complexity index is 1220. The third kappa shape index (κ3) is 2.90. The van der Waals surface area contributed by atoms with Crippen molar-refractivity contribution in [3.8, 4) is 22.3 Å². The normalized spacial score (nSPS) is 14.1. The Labute approximate surface area is 169 Å². The van der Waals surface area contributed by atoms with Crippen molar-refractivity contribution < 1.29 is 4.79 Å². The van der Waals surface area contributed by atoms with E-state index in [9.17, 15) is 4.79 Å². The number of fused-ring (bicyclic) bond motifs is 1. The average Bonchev–Trinajstić information content (AvgIpc) is 3.34. The number of rotatable bonds is 3. The van der Waals surface area contributed by atoms with E-state index in [0.29, 0.717) is 6.42 Å². The summed E-state index contributed by atoms with van der Waals surface area (Å²) in [7, 11) is 2.01. The van der Waals surface area contributed by atoms with Crippen molar-refractivity contribution in [2.45, 2.75) is 19.8 Å². The Morgan fingerprint density at radius 3 is 2.52 bits per heavy atom. The van der Waals surface area contributed by atoms with Crippen LogP contribution in [-0.2, 0) is 11.8 Å². The molecule has 0 aliphatic carbocycles. The fraction of sp³-hybridized carbons (Fsp3) is 0.208. The summed E-state index contributed by atoms with van der Waals surface area (Å²) in [5, 5.41) is 1.12. The second-order valence-electron chi connectivity index (χ2n) is 7.58. The lowest BCUT2D eigenvalue weighted by Crippen LogP contribution is -2.23. The van der Waals surface area contributed by atoms with Gasteiger partial charge in [-0.05, 0) is 54.3 Å². The Morgan fingerprint density at radius 2 is 1.76 bits per heavy atom. The SMILES string of the molecule is Cc1c(-c2ccc(N3CCCC3=O)cc2)cncc1-c1ccnc2c1ccn2C. The van der Waals surface area contributed by atoms with Crippen molar-refractivity contribution in [3.05, 3.63) is 66.7 Å². The minimum absolute atomic E-state index is 0.210. The van der Waals surface area contributed by atoms with Crippen molar-refractivity contribution >= 4 is 22.6 Å². The summed E-state index contributed by atoms with van der Waals surface area (Å²) in [6.45, 7) is 2.95. The second kappa shape index (κ2) is 6.85. The van der Waals surface area contributed by atoms with Gasteiger partial charge in [-0.2, -0.15) is 0 Å². The van der Waals surface area contributed by atoms with E-state index >= 15 is 0 Å². The van der Waals surface area contributed by atoms with Crippen LogP contribution in [0.4, 0.5) is 5.69 Å². The summed E-state index contributed by atoms with van der Waals surface area (Å²) in [4.78, 5) is 22.9. The zero-order chi connectivity index (χ0) is 20.0. The first kappa shape index (κ1) is 17.6. The van der Waals surface area contributed by atoms with Gasteiger partial charge in [0.05, 0.1) is 0 Å². The molecule has 1 aliphatic rings. The van der Waals surface area contributed by atoms with Crippen LogP contribution in [-0.4, -0.2) is 27.0 Å². The van der Waals surface area contributed by atoms with E-state index < -0.39 is 0 Å². The molecule has 0 saturated carbocycles. The summed E-state index contributed by atoms with van der Waals surface area (Å²) in [5.74, 6) is 0.210. The van der Waals surface area contributed by atoms with Crippen molar-refractivity contribution in [1.29, 1.82) is 0 Å². The fourth-order valence-corrected chi connectivity index (χ4v) is 4.23. The van der Waals surface area contributed by atoms with E-state index in [2.05, 4.69) is 41.2 Å². The monoisotopic (exact) mass is 382 g/mol. The van der Waals surface area contributed by atoms with Crippen LogP contribution in [0, 0.1) is 6.92 Å². The molecule has 0 bridgehead atoms. The molecule has 0 atom stereocenters. The number of carbonyl (C=O) groups is 1. The molecular formula is C24H22N4O. The smallest absolute Gasteiger partial charge is 0.227 e. The maximum atomic E-state index is 12.0. The van der Waals surface area contributed by atoms with Gasteiger partial charge < -0.3 is 9.47 Å². The highest BCUT2D eigenvalue weighted by atomic mass is 16.2. The summed E-state index contributed by atoms with van der Waals surface area (Å²) in [6, 6.07) is 12.4. The summed E-state index contributed by atoms with van der Waals surface area (Å²) in [5.41, 5.74) is 7.57. The number of aromatic nitrogens is 3. The molecule has 0 N–H and O–H groups in total. The molecule has 5 rings (SSSR count). The van der Waals surface area contributed by atoms with Gasteiger partial charge in [-0.1, -0.05) is 12.1 Å². The van der Waals surface area contributed by atoms with Gasteiger partial charge in [0.25, 0.3) is 0 Å². The third-order valence-corrected chi connectivity index (χ3v) is 5.84. The van der Waals surface area contributed by atoms with Gasteiger partial charge >= 0.3 is 0 Å². The average molecular weight is 382 g/mol. The molecule has 0 unspecified atom stereocenters. The van der Waals surface area contributed by atoms with Gasteiger partial charge in [0, 0.05) is 67.0 Å². The van der Waals surface area contributed by atoms with E-state index in [1.165, 1.54) is 5.56 Å². The van der Waals surface area contributed by atoms with Crippen LogP contribution < -0.4 is 4.90 Å². The van der Waals surface area contributed by atoms with Crippen molar-refractivity contribution in [2.24, 2.45) is 7.05 Å². The molecule has 144 valence electrons. The zero-order valence-electron chi connectivity index (χ0n) is 16.6. The van der Waals surface area contributed by atoms with Crippen LogP contribution in [0.25, 0.3) is 33.3 Å². The minimum atomic E-state index is 0.210. The molecule has 1 aliphatic heterocycles. The second-order valence-corrected chi connectivity index (χ2v) is 7.58. The number of nitrogens with zero attached hydrogens (tertiary/aromatic N) is 4. The van der Waals surface area contributed by atoms with Gasteiger partial charge in [0.1, 0.15) is 5.65 Å². The predicted octanol–water partition coefficient (Wildman–Crippen LogP) is 4.74. The number of amides is 1. The molecular weight excluding hydrogens is 360 g/mol. The molecule has 1 saturated heterocycles. The van der Waals surface area contributed by atoms with E-state index in [1.807, 2.05) is 53.4 Å². The Morgan fingerprint density at radius 1 is 0.966 bits per heavy atom. The maximum Gasteiger partial charge on any atom is 0.227 e. The minimum Gasteiger partial charge on any atom is -0.336 e. The molecule has 1 amide bonds. The van der Waals surface area contributed by atoms with E-state index in [4.69, 9.17) is 0 Å². The standard InChI is InChI=1S/C24H22N4O/c1-16-21(17-5-7-18(8-6-17)28-12-3-4-23(28)29)14-25-15-22(16)19-9-11-26-24-20(19)10-13-27(24)2/h5-11,13-15H,3-4,12H2,1-2H3. The predicted molar refractivity (Wildman–Crippen MR) is 116 cm³/mol. The molecule has 29 heavy (non-hydrogen) atoms. The van der Waals surface area contributed by atoms with Gasteiger partial charge in [-0.25, -0.2) is 4.98 Å². The zero-order valence-corrected chi connectivity index (χ0v) is 16.6.